The molecule has 9 heteroatoms. The Morgan fingerprint density at radius 3 is 2.26 bits per heavy atom. The van der Waals surface area contributed by atoms with E-state index in [4.69, 9.17) is 14.2 Å². The zero-order valence-corrected chi connectivity index (χ0v) is 19.8. The van der Waals surface area contributed by atoms with E-state index in [1.165, 1.54) is 18.2 Å². The minimum atomic E-state index is -1.08. The number of carbonyl (C=O) groups is 3. The third-order valence-electron chi connectivity index (χ3n) is 5.81. The standard InChI is InChI=1S/C26H32N2O7/c1-33-14-6-11-23(25(30)31)28-24(29)12-15-34-16-13-27-26(32)35-17-22-20-9-4-2-7-18(20)19-8-3-5-10-21(19)22/h2-5,7-10,22-23H,6,11-17H2,1H3,(H,27,32)(H,28,29)(H,30,31). The van der Waals surface area contributed by atoms with Crippen molar-refractivity contribution in [2.24, 2.45) is 0 Å². The van der Waals surface area contributed by atoms with E-state index in [1.807, 2.05) is 24.3 Å². The van der Waals surface area contributed by atoms with Crippen molar-refractivity contribution in [1.29, 1.82) is 0 Å². The number of carboxylic acid groups (broad SMARTS) is 1. The predicted molar refractivity (Wildman–Crippen MR) is 129 cm³/mol. The van der Waals surface area contributed by atoms with Crippen LogP contribution in [0.5, 0.6) is 0 Å². The predicted octanol–water partition coefficient (Wildman–Crippen LogP) is 2.93. The molecule has 3 N–H and O–H groups in total. The van der Waals surface area contributed by atoms with Gasteiger partial charge in [0.1, 0.15) is 12.6 Å². The number of benzene rings is 2. The Hall–Kier alpha value is -3.43. The molecule has 2 aromatic rings. The van der Waals surface area contributed by atoms with Crippen LogP contribution in [-0.2, 0) is 23.8 Å². The van der Waals surface area contributed by atoms with Crippen LogP contribution in [0.2, 0.25) is 0 Å². The molecule has 0 fully saturated rings. The number of ether oxygens (including phenoxy) is 3. The molecule has 0 saturated carbocycles. The quantitative estimate of drug-likeness (QED) is 0.352. The minimum Gasteiger partial charge on any atom is -0.480 e. The Morgan fingerprint density at radius 1 is 0.971 bits per heavy atom. The molecule has 2 aromatic carbocycles. The van der Waals surface area contributed by atoms with Gasteiger partial charge in [-0.05, 0) is 35.1 Å². The van der Waals surface area contributed by atoms with Gasteiger partial charge >= 0.3 is 12.1 Å². The summed E-state index contributed by atoms with van der Waals surface area (Å²) in [6, 6.07) is 15.3. The van der Waals surface area contributed by atoms with E-state index in [2.05, 4.69) is 34.9 Å². The number of alkyl carbamates (subject to hydrolysis) is 1. The molecule has 3 rings (SSSR count). The maximum Gasteiger partial charge on any atom is 0.407 e. The summed E-state index contributed by atoms with van der Waals surface area (Å²) in [6.45, 7) is 1.21. The summed E-state index contributed by atoms with van der Waals surface area (Å²) in [6.07, 6.45) is 0.318. The van der Waals surface area contributed by atoms with Crippen molar-refractivity contribution in [1.82, 2.24) is 10.6 Å². The fourth-order valence-electron chi connectivity index (χ4n) is 4.10. The number of carbonyl (C=O) groups excluding carboxylic acids is 2. The summed E-state index contributed by atoms with van der Waals surface area (Å²) in [5.74, 6) is -1.49. The van der Waals surface area contributed by atoms with E-state index in [1.54, 1.807) is 0 Å². The molecule has 2 amide bonds. The second-order valence-corrected chi connectivity index (χ2v) is 8.21. The van der Waals surface area contributed by atoms with Gasteiger partial charge in [0.05, 0.1) is 13.2 Å². The summed E-state index contributed by atoms with van der Waals surface area (Å²) in [7, 11) is 1.54. The molecular formula is C26H32N2O7. The maximum absolute atomic E-state index is 12.1. The first-order valence-electron chi connectivity index (χ1n) is 11.7. The van der Waals surface area contributed by atoms with Gasteiger partial charge in [-0.3, -0.25) is 4.79 Å². The molecule has 1 aliphatic carbocycles. The molecule has 9 nitrogen and oxygen atoms in total. The summed E-state index contributed by atoms with van der Waals surface area (Å²) < 4.78 is 15.7. The number of aliphatic carboxylic acids is 1. The topological polar surface area (TPSA) is 123 Å². The van der Waals surface area contributed by atoms with Gasteiger partial charge in [-0.15, -0.1) is 0 Å². The van der Waals surface area contributed by atoms with Crippen LogP contribution < -0.4 is 10.6 Å². The van der Waals surface area contributed by atoms with Crippen LogP contribution in [0.4, 0.5) is 4.79 Å². The van der Waals surface area contributed by atoms with Gasteiger partial charge in [0, 0.05) is 32.6 Å². The number of hydrogen-bond donors (Lipinski definition) is 3. The number of amides is 2. The molecule has 0 saturated heterocycles. The van der Waals surface area contributed by atoms with Gasteiger partial charge in [-0.25, -0.2) is 9.59 Å². The molecule has 0 bridgehead atoms. The monoisotopic (exact) mass is 484 g/mol. The van der Waals surface area contributed by atoms with Gasteiger partial charge in [0.15, 0.2) is 0 Å². The number of fused-ring (bicyclic) bond motifs is 3. The Morgan fingerprint density at radius 2 is 1.63 bits per heavy atom. The van der Waals surface area contributed by atoms with Crippen LogP contribution in [0.25, 0.3) is 11.1 Å². The van der Waals surface area contributed by atoms with Crippen LogP contribution in [0.3, 0.4) is 0 Å². The molecule has 0 aromatic heterocycles. The number of methoxy groups -OCH3 is 1. The van der Waals surface area contributed by atoms with Crippen LogP contribution in [0, 0.1) is 0 Å². The van der Waals surface area contributed by atoms with Crippen molar-refractivity contribution in [3.8, 4) is 11.1 Å². The van der Waals surface area contributed by atoms with Crippen LogP contribution in [-0.4, -0.2) is 69.2 Å². The second-order valence-electron chi connectivity index (χ2n) is 8.21. The van der Waals surface area contributed by atoms with E-state index in [9.17, 15) is 19.5 Å². The lowest BCUT2D eigenvalue weighted by atomic mass is 9.98. The number of nitrogens with one attached hydrogen (secondary N) is 2. The van der Waals surface area contributed by atoms with E-state index in [-0.39, 0.29) is 38.7 Å². The van der Waals surface area contributed by atoms with Crippen molar-refractivity contribution >= 4 is 18.0 Å². The largest absolute Gasteiger partial charge is 0.480 e. The van der Waals surface area contributed by atoms with Crippen molar-refractivity contribution in [2.45, 2.75) is 31.2 Å². The van der Waals surface area contributed by atoms with Crippen molar-refractivity contribution < 1.29 is 33.7 Å². The smallest absolute Gasteiger partial charge is 0.407 e. The zero-order chi connectivity index (χ0) is 25.0. The van der Waals surface area contributed by atoms with Crippen LogP contribution in [0.15, 0.2) is 48.5 Å². The first-order chi connectivity index (χ1) is 17.0. The highest BCUT2D eigenvalue weighted by Crippen LogP contribution is 2.44. The normalized spacial score (nSPS) is 12.9. The zero-order valence-electron chi connectivity index (χ0n) is 19.8. The third-order valence-corrected chi connectivity index (χ3v) is 5.81. The molecule has 1 atom stereocenters. The molecule has 0 heterocycles. The summed E-state index contributed by atoms with van der Waals surface area (Å²) in [5.41, 5.74) is 4.62. The highest BCUT2D eigenvalue weighted by atomic mass is 16.5. The maximum atomic E-state index is 12.1. The molecular weight excluding hydrogens is 452 g/mol. The average Bonchev–Trinajstić information content (AvgIpc) is 3.18. The molecule has 0 spiro atoms. The fourth-order valence-corrected chi connectivity index (χ4v) is 4.10. The molecule has 0 aliphatic heterocycles. The Balaban J connectivity index is 1.31. The second kappa shape index (κ2) is 13.5. The van der Waals surface area contributed by atoms with E-state index < -0.39 is 24.0 Å². The Labute approximate surface area is 204 Å². The van der Waals surface area contributed by atoms with E-state index >= 15 is 0 Å². The number of rotatable bonds is 14. The molecule has 35 heavy (non-hydrogen) atoms. The SMILES string of the molecule is COCCCC(NC(=O)CCOCCNC(=O)OCC1c2ccccc2-c2ccccc21)C(=O)O. The highest BCUT2D eigenvalue weighted by molar-refractivity contribution is 5.83. The van der Waals surface area contributed by atoms with Gasteiger partial charge in [-0.2, -0.15) is 0 Å². The van der Waals surface area contributed by atoms with Crippen molar-refractivity contribution in [2.75, 3.05) is 40.1 Å². The lowest BCUT2D eigenvalue weighted by Crippen LogP contribution is -2.41. The van der Waals surface area contributed by atoms with Gasteiger partial charge in [0.2, 0.25) is 5.91 Å². The molecule has 1 unspecified atom stereocenters. The third kappa shape index (κ3) is 7.53. The van der Waals surface area contributed by atoms with Gasteiger partial charge < -0.3 is 30.0 Å². The fraction of sp³-hybridized carbons (Fsp3) is 0.423. The first kappa shape index (κ1) is 26.2. The van der Waals surface area contributed by atoms with Gasteiger partial charge in [0.25, 0.3) is 0 Å². The lowest BCUT2D eigenvalue weighted by Gasteiger charge is -2.15. The first-order valence-corrected chi connectivity index (χ1v) is 11.7. The minimum absolute atomic E-state index is 0.00737. The number of hydrogen-bond acceptors (Lipinski definition) is 6. The van der Waals surface area contributed by atoms with Gasteiger partial charge in [-0.1, -0.05) is 48.5 Å². The van der Waals surface area contributed by atoms with E-state index in [0.29, 0.717) is 19.4 Å². The Bertz CT molecular complexity index is 965. The van der Waals surface area contributed by atoms with Crippen molar-refractivity contribution in [3.05, 3.63) is 59.7 Å². The van der Waals surface area contributed by atoms with Crippen molar-refractivity contribution in [3.63, 3.8) is 0 Å². The molecule has 1 aliphatic rings. The average molecular weight is 485 g/mol. The lowest BCUT2D eigenvalue weighted by molar-refractivity contribution is -0.142. The van der Waals surface area contributed by atoms with E-state index in [0.717, 1.165) is 11.1 Å². The Kier molecular flexibility index (Phi) is 10.1. The summed E-state index contributed by atoms with van der Waals surface area (Å²) >= 11 is 0. The molecule has 188 valence electrons. The summed E-state index contributed by atoms with van der Waals surface area (Å²) in [5, 5.41) is 14.3. The molecule has 0 radical (unpaired) electrons. The number of carboxylic acids is 1. The van der Waals surface area contributed by atoms with Crippen LogP contribution in [0.1, 0.15) is 36.3 Å². The summed E-state index contributed by atoms with van der Waals surface area (Å²) in [4.78, 5) is 35.3. The highest BCUT2D eigenvalue weighted by Gasteiger charge is 2.29. The van der Waals surface area contributed by atoms with Crippen LogP contribution >= 0.6 is 0 Å².